The lowest BCUT2D eigenvalue weighted by Gasteiger charge is -2.41. The van der Waals surface area contributed by atoms with Crippen LogP contribution >= 0.6 is 0 Å². The second-order valence-corrected chi connectivity index (χ2v) is 12.8. The number of hydrogen-bond donors (Lipinski definition) is 1. The highest BCUT2D eigenvalue weighted by molar-refractivity contribution is 5.96. The molecule has 250 valence electrons. The number of carbonyl (C=O) groups excluding carboxylic acids is 5. The van der Waals surface area contributed by atoms with Crippen LogP contribution in [0.15, 0.2) is 11.8 Å². The molecule has 0 heterocycles. The molecule has 0 radical (unpaired) electrons. The smallest absolute Gasteiger partial charge is 0.250 e. The van der Waals surface area contributed by atoms with Gasteiger partial charge in [-0.1, -0.05) is 55.4 Å². The molecule has 0 saturated carbocycles. The zero-order chi connectivity index (χ0) is 34.6. The predicted molar refractivity (Wildman–Crippen MR) is 173 cm³/mol. The topological polar surface area (TPSA) is 134 Å². The molecule has 0 aliphatic rings. The van der Waals surface area contributed by atoms with Gasteiger partial charge < -0.3 is 30.1 Å². The third-order valence-electron chi connectivity index (χ3n) is 7.93. The average Bonchev–Trinajstić information content (AvgIpc) is 2.91. The van der Waals surface area contributed by atoms with Gasteiger partial charge in [0, 0.05) is 47.1 Å². The van der Waals surface area contributed by atoms with Crippen LogP contribution in [0.25, 0.3) is 0 Å². The number of likely N-dealkylation sites (N-methyl/N-ethyl adjacent to an activating group) is 4. The van der Waals surface area contributed by atoms with Crippen molar-refractivity contribution in [3.63, 3.8) is 0 Å². The van der Waals surface area contributed by atoms with Gasteiger partial charge in [-0.3, -0.25) is 24.0 Å². The molecule has 4 atom stereocenters. The van der Waals surface area contributed by atoms with Crippen molar-refractivity contribution in [2.75, 3.05) is 35.3 Å². The molecule has 0 unspecified atom stereocenters. The first kappa shape index (κ1) is 40.5. The Bertz CT molecular complexity index is 1080. The van der Waals surface area contributed by atoms with E-state index in [0.29, 0.717) is 25.0 Å². The monoisotopic (exact) mass is 619 g/mol. The van der Waals surface area contributed by atoms with Crippen LogP contribution in [0.1, 0.15) is 74.7 Å². The Balaban J connectivity index is 6.37. The van der Waals surface area contributed by atoms with Crippen molar-refractivity contribution < 1.29 is 28.7 Å². The third-order valence-corrected chi connectivity index (χ3v) is 7.93. The first-order valence-corrected chi connectivity index (χ1v) is 15.3. The summed E-state index contributed by atoms with van der Waals surface area (Å²) in [6, 6.07) is -3.55. The molecular formula is C33H57N5O6. The van der Waals surface area contributed by atoms with Crippen LogP contribution in [0.4, 0.5) is 0 Å². The summed E-state index contributed by atoms with van der Waals surface area (Å²) in [5.41, 5.74) is 5.61. The van der Waals surface area contributed by atoms with Gasteiger partial charge in [0.2, 0.25) is 29.5 Å². The normalized spacial score (nSPS) is 14.5. The van der Waals surface area contributed by atoms with Crippen molar-refractivity contribution in [3.8, 4) is 12.3 Å². The number of hydrogen-bond acceptors (Lipinski definition) is 6. The number of terminal acetylenes is 1. The number of amides is 5. The lowest BCUT2D eigenvalue weighted by atomic mass is 9.94. The van der Waals surface area contributed by atoms with E-state index >= 15 is 0 Å². The fraction of sp³-hybridized carbons (Fsp3) is 0.727. The van der Waals surface area contributed by atoms with E-state index in [1.165, 1.54) is 46.9 Å². The first-order chi connectivity index (χ1) is 20.3. The summed E-state index contributed by atoms with van der Waals surface area (Å²) < 4.78 is 5.35. The minimum Gasteiger partial charge on any atom is -0.501 e. The zero-order valence-electron chi connectivity index (χ0n) is 29.2. The lowest BCUT2D eigenvalue weighted by Crippen LogP contribution is -2.61. The molecule has 0 bridgehead atoms. The zero-order valence-corrected chi connectivity index (χ0v) is 29.2. The Labute approximate surface area is 265 Å². The summed E-state index contributed by atoms with van der Waals surface area (Å²) in [6.45, 7) is 14.5. The summed E-state index contributed by atoms with van der Waals surface area (Å²) in [5.74, 6) is -0.399. The van der Waals surface area contributed by atoms with Gasteiger partial charge in [0.25, 0.3) is 0 Å². The van der Waals surface area contributed by atoms with E-state index in [2.05, 4.69) is 5.92 Å². The van der Waals surface area contributed by atoms with E-state index in [9.17, 15) is 24.0 Å². The number of nitrogens with zero attached hydrogens (tertiary/aromatic N) is 4. The van der Waals surface area contributed by atoms with Crippen molar-refractivity contribution in [2.24, 2.45) is 29.4 Å². The van der Waals surface area contributed by atoms with Crippen LogP contribution in [-0.2, 0) is 28.7 Å². The molecule has 0 rings (SSSR count). The highest BCUT2D eigenvalue weighted by Gasteiger charge is 2.42. The highest BCUT2D eigenvalue weighted by Crippen LogP contribution is 2.23. The maximum absolute atomic E-state index is 14.1. The summed E-state index contributed by atoms with van der Waals surface area (Å²) in [6.07, 6.45) is 8.38. The van der Waals surface area contributed by atoms with Crippen molar-refractivity contribution in [2.45, 2.75) is 98.8 Å². The maximum Gasteiger partial charge on any atom is 0.250 e. The quantitative estimate of drug-likeness (QED) is 0.115. The van der Waals surface area contributed by atoms with Crippen LogP contribution < -0.4 is 5.73 Å². The van der Waals surface area contributed by atoms with E-state index in [1.807, 2.05) is 41.5 Å². The molecule has 11 heteroatoms. The van der Waals surface area contributed by atoms with Gasteiger partial charge >= 0.3 is 0 Å². The van der Waals surface area contributed by atoms with E-state index < -0.39 is 53.7 Å². The number of nitrogens with two attached hydrogens (primary N) is 1. The fourth-order valence-corrected chi connectivity index (χ4v) is 5.67. The molecule has 0 aliphatic heterocycles. The minimum absolute atomic E-state index is 0.229. The highest BCUT2D eigenvalue weighted by atomic mass is 16.5. The minimum atomic E-state index is -0.928. The molecule has 0 aromatic rings. The van der Waals surface area contributed by atoms with Gasteiger partial charge in [-0.05, 0) is 30.1 Å². The Morgan fingerprint density at radius 2 is 1.02 bits per heavy atom. The fourth-order valence-electron chi connectivity index (χ4n) is 5.67. The Morgan fingerprint density at radius 1 is 0.682 bits per heavy atom. The molecule has 44 heavy (non-hydrogen) atoms. The standard InChI is InChI=1S/C33H57N5O6/c1-15-16-17-18-24(44-14)19-25(39)35(10)27(21(4)5)31(41)37(12)29(23(8)9)33(43)38(13)28(22(6)7)32(42)36(11)26(20(2)3)30(34)40/h1,19-23,26-29H,16-18H2,2-14H3,(H2,34,40)/t26-,27-,28-,29-/m0/s1. The van der Waals surface area contributed by atoms with Crippen LogP contribution in [0.5, 0.6) is 0 Å². The summed E-state index contributed by atoms with van der Waals surface area (Å²) in [4.78, 5) is 72.6. The molecular weight excluding hydrogens is 562 g/mol. The molecule has 0 aromatic carbocycles. The third kappa shape index (κ3) is 10.6. The first-order valence-electron chi connectivity index (χ1n) is 15.3. The van der Waals surface area contributed by atoms with Gasteiger partial charge in [0.05, 0.1) is 7.11 Å². The van der Waals surface area contributed by atoms with E-state index in [0.717, 1.165) is 0 Å². The van der Waals surface area contributed by atoms with Crippen LogP contribution in [0, 0.1) is 36.0 Å². The summed E-state index contributed by atoms with van der Waals surface area (Å²) in [7, 11) is 7.62. The Morgan fingerprint density at radius 3 is 1.32 bits per heavy atom. The molecule has 11 nitrogen and oxygen atoms in total. The SMILES string of the molecule is C#CCCCC(=CC(=O)N(C)[C@H](C(=O)N(C)[C@H](C(=O)N(C)[C@H](C(=O)N(C)[C@H](C(N)=O)C(C)C)C(C)C)C(C)C)C(C)C)OC. The number of primary amides is 1. The van der Waals surface area contributed by atoms with E-state index in [1.54, 1.807) is 27.9 Å². The Hall–Kier alpha value is -3.55. The number of ether oxygens (including phenoxy) is 1. The number of unbranched alkanes of at least 4 members (excludes halogenated alkanes) is 1. The van der Waals surface area contributed by atoms with E-state index in [-0.39, 0.29) is 23.7 Å². The van der Waals surface area contributed by atoms with Crippen LogP contribution in [0.2, 0.25) is 0 Å². The van der Waals surface area contributed by atoms with Gasteiger partial charge in [-0.2, -0.15) is 0 Å². The predicted octanol–water partition coefficient (Wildman–Crippen LogP) is 2.74. The largest absolute Gasteiger partial charge is 0.501 e. The van der Waals surface area contributed by atoms with Crippen molar-refractivity contribution >= 4 is 29.5 Å². The molecule has 0 aliphatic carbocycles. The molecule has 0 saturated heterocycles. The number of carbonyl (C=O) groups is 5. The maximum atomic E-state index is 14.1. The second kappa shape index (κ2) is 18.3. The van der Waals surface area contributed by atoms with Crippen molar-refractivity contribution in [3.05, 3.63) is 11.8 Å². The molecule has 0 spiro atoms. The van der Waals surface area contributed by atoms with Gasteiger partial charge in [0.15, 0.2) is 0 Å². The number of rotatable bonds is 17. The summed E-state index contributed by atoms with van der Waals surface area (Å²) >= 11 is 0. The van der Waals surface area contributed by atoms with Crippen molar-refractivity contribution in [1.82, 2.24) is 19.6 Å². The molecule has 0 fully saturated rings. The van der Waals surface area contributed by atoms with E-state index in [4.69, 9.17) is 16.9 Å². The van der Waals surface area contributed by atoms with Crippen LogP contribution in [0.3, 0.4) is 0 Å². The van der Waals surface area contributed by atoms with Gasteiger partial charge in [-0.25, -0.2) is 0 Å². The average molecular weight is 620 g/mol. The summed E-state index contributed by atoms with van der Waals surface area (Å²) in [5, 5.41) is 0. The molecule has 2 N–H and O–H groups in total. The molecule has 0 aromatic heterocycles. The second-order valence-electron chi connectivity index (χ2n) is 12.8. The molecule has 5 amide bonds. The lowest BCUT2D eigenvalue weighted by molar-refractivity contribution is -0.156. The van der Waals surface area contributed by atoms with Crippen LogP contribution in [-0.4, -0.2) is 109 Å². The van der Waals surface area contributed by atoms with Gasteiger partial charge in [-0.15, -0.1) is 12.3 Å². The van der Waals surface area contributed by atoms with Crippen molar-refractivity contribution in [1.29, 1.82) is 0 Å². The van der Waals surface area contributed by atoms with Gasteiger partial charge in [0.1, 0.15) is 29.9 Å². The number of allylic oxidation sites excluding steroid dienone is 1. The number of methoxy groups -OCH3 is 1. The Kier molecular flexibility index (Phi) is 16.8.